The van der Waals surface area contributed by atoms with Crippen molar-refractivity contribution in [1.82, 2.24) is 0 Å². The molecule has 0 bridgehead atoms. The zero-order valence-electron chi connectivity index (χ0n) is 7.56. The third-order valence-electron chi connectivity index (χ3n) is 1.01. The Kier molecular flexibility index (Phi) is 12.3. The number of ether oxygens (including phenoxy) is 2. The quantitative estimate of drug-likeness (QED) is 0.436. The van der Waals surface area contributed by atoms with E-state index in [1.54, 1.807) is 14.2 Å². The second-order valence-electron chi connectivity index (χ2n) is 1.93. The molecular weight excluding hydrogens is 164 g/mol. The maximum atomic E-state index is 9.33. The molecule has 5 nitrogen and oxygen atoms in total. The van der Waals surface area contributed by atoms with Crippen molar-refractivity contribution in [1.29, 1.82) is 0 Å². The van der Waals surface area contributed by atoms with Gasteiger partial charge in [-0.3, -0.25) is 0 Å². The second kappa shape index (κ2) is 10.5. The molecule has 0 radical (unpaired) electrons. The summed E-state index contributed by atoms with van der Waals surface area (Å²) < 4.78 is 9.35. The summed E-state index contributed by atoms with van der Waals surface area (Å²) in [5.41, 5.74) is 0. The van der Waals surface area contributed by atoms with Crippen LogP contribution in [0.2, 0.25) is 0 Å². The Bertz CT molecular complexity index is 91.8. The minimum atomic E-state index is -1.19. The SMILES string of the molecule is COC(C)OC.O=CC(O)CO. The van der Waals surface area contributed by atoms with Gasteiger partial charge in [0.05, 0.1) is 6.61 Å². The molecule has 0 aliphatic rings. The molecule has 0 amide bonds. The lowest BCUT2D eigenvalue weighted by molar-refractivity contribution is -0.116. The second-order valence-corrected chi connectivity index (χ2v) is 1.93. The van der Waals surface area contributed by atoms with Gasteiger partial charge in [0.1, 0.15) is 6.10 Å². The van der Waals surface area contributed by atoms with Gasteiger partial charge in [0, 0.05) is 14.2 Å². The lowest BCUT2D eigenvalue weighted by atomic mass is 10.4. The molecule has 0 saturated heterocycles. The minimum Gasteiger partial charge on any atom is -0.393 e. The average molecular weight is 180 g/mol. The van der Waals surface area contributed by atoms with Crippen LogP contribution in [0, 0.1) is 0 Å². The van der Waals surface area contributed by atoms with Crippen LogP contribution in [0.3, 0.4) is 0 Å². The van der Waals surface area contributed by atoms with Crippen LogP contribution in [-0.2, 0) is 14.3 Å². The highest BCUT2D eigenvalue weighted by molar-refractivity contribution is 5.55. The fourth-order valence-electron chi connectivity index (χ4n) is 0.139. The Morgan fingerprint density at radius 1 is 1.42 bits per heavy atom. The number of aliphatic hydroxyl groups excluding tert-OH is 2. The normalized spacial score (nSPS) is 11.8. The number of carbonyl (C=O) groups excluding carboxylic acids is 1. The van der Waals surface area contributed by atoms with Crippen LogP contribution in [0.25, 0.3) is 0 Å². The fourth-order valence-corrected chi connectivity index (χ4v) is 0.139. The highest BCUT2D eigenvalue weighted by Gasteiger charge is 1.92. The Hall–Kier alpha value is -0.490. The van der Waals surface area contributed by atoms with Crippen LogP contribution in [0.1, 0.15) is 6.92 Å². The van der Waals surface area contributed by atoms with Gasteiger partial charge in [-0.15, -0.1) is 0 Å². The van der Waals surface area contributed by atoms with Crippen molar-refractivity contribution >= 4 is 6.29 Å². The van der Waals surface area contributed by atoms with E-state index >= 15 is 0 Å². The first-order valence-corrected chi connectivity index (χ1v) is 3.42. The monoisotopic (exact) mass is 180 g/mol. The van der Waals surface area contributed by atoms with Crippen molar-refractivity contribution in [3.8, 4) is 0 Å². The maximum Gasteiger partial charge on any atom is 0.154 e. The first-order chi connectivity index (χ1) is 5.62. The predicted octanol–water partition coefficient (Wildman–Crippen LogP) is -0.836. The largest absolute Gasteiger partial charge is 0.393 e. The molecule has 0 aliphatic carbocycles. The summed E-state index contributed by atoms with van der Waals surface area (Å²) in [6, 6.07) is 0. The molecule has 0 spiro atoms. The summed E-state index contributed by atoms with van der Waals surface area (Å²) >= 11 is 0. The van der Waals surface area contributed by atoms with Gasteiger partial charge in [0.25, 0.3) is 0 Å². The zero-order valence-corrected chi connectivity index (χ0v) is 7.56. The van der Waals surface area contributed by atoms with Crippen molar-refractivity contribution in [2.24, 2.45) is 0 Å². The molecule has 0 aromatic rings. The van der Waals surface area contributed by atoms with Crippen molar-refractivity contribution in [2.45, 2.75) is 19.3 Å². The molecule has 0 fully saturated rings. The number of hydrogen-bond donors (Lipinski definition) is 2. The molecule has 0 heterocycles. The molecule has 1 unspecified atom stereocenters. The van der Waals surface area contributed by atoms with E-state index in [1.165, 1.54) is 0 Å². The first kappa shape index (κ1) is 14.1. The van der Waals surface area contributed by atoms with Gasteiger partial charge in [-0.2, -0.15) is 0 Å². The van der Waals surface area contributed by atoms with Crippen molar-refractivity contribution in [2.75, 3.05) is 20.8 Å². The molecule has 12 heavy (non-hydrogen) atoms. The standard InChI is InChI=1S/C4H10O2.C3H6O3/c1-4(5-2)6-3;4-1-3(6)2-5/h4H,1-3H3;1,3,5-6H,2H2. The van der Waals surface area contributed by atoms with Crippen LogP contribution in [-0.4, -0.2) is 49.7 Å². The van der Waals surface area contributed by atoms with E-state index in [4.69, 9.17) is 10.2 Å². The van der Waals surface area contributed by atoms with E-state index in [9.17, 15) is 4.79 Å². The maximum absolute atomic E-state index is 9.33. The first-order valence-electron chi connectivity index (χ1n) is 3.42. The van der Waals surface area contributed by atoms with E-state index in [-0.39, 0.29) is 12.6 Å². The lowest BCUT2D eigenvalue weighted by Crippen LogP contribution is -2.12. The van der Waals surface area contributed by atoms with Gasteiger partial charge >= 0.3 is 0 Å². The highest BCUT2D eigenvalue weighted by atomic mass is 16.7. The lowest BCUT2D eigenvalue weighted by Gasteiger charge is -2.03. The molecule has 2 N–H and O–H groups in total. The molecular formula is C7H16O5. The number of aldehydes is 1. The van der Waals surface area contributed by atoms with Gasteiger partial charge in [-0.05, 0) is 6.92 Å². The van der Waals surface area contributed by atoms with Crippen molar-refractivity contribution in [3.63, 3.8) is 0 Å². The summed E-state index contributed by atoms with van der Waals surface area (Å²) in [6.45, 7) is 1.35. The third kappa shape index (κ3) is 12.2. The topological polar surface area (TPSA) is 76.0 Å². The molecule has 74 valence electrons. The predicted molar refractivity (Wildman–Crippen MR) is 42.6 cm³/mol. The molecule has 0 aromatic heterocycles. The Balaban J connectivity index is 0. The van der Waals surface area contributed by atoms with Gasteiger partial charge in [0.15, 0.2) is 12.6 Å². The van der Waals surface area contributed by atoms with Gasteiger partial charge in [-0.1, -0.05) is 0 Å². The fraction of sp³-hybridized carbons (Fsp3) is 0.857. The van der Waals surface area contributed by atoms with E-state index in [2.05, 4.69) is 9.47 Å². The molecule has 5 heteroatoms. The van der Waals surface area contributed by atoms with Crippen LogP contribution >= 0.6 is 0 Å². The van der Waals surface area contributed by atoms with Crippen molar-refractivity contribution in [3.05, 3.63) is 0 Å². The summed E-state index contributed by atoms with van der Waals surface area (Å²) in [5, 5.41) is 15.9. The summed E-state index contributed by atoms with van der Waals surface area (Å²) in [5.74, 6) is 0. The number of aliphatic hydroxyl groups is 2. The molecule has 0 aromatic carbocycles. The summed E-state index contributed by atoms with van der Waals surface area (Å²) in [4.78, 5) is 9.33. The summed E-state index contributed by atoms with van der Waals surface area (Å²) in [7, 11) is 3.21. The molecule has 0 aliphatic heterocycles. The van der Waals surface area contributed by atoms with Crippen LogP contribution in [0.5, 0.6) is 0 Å². The van der Waals surface area contributed by atoms with Gasteiger partial charge < -0.3 is 24.5 Å². The van der Waals surface area contributed by atoms with Crippen molar-refractivity contribution < 1.29 is 24.5 Å². The van der Waals surface area contributed by atoms with E-state index in [0.29, 0.717) is 0 Å². The molecule has 1 atom stereocenters. The molecule has 0 rings (SSSR count). The average Bonchev–Trinajstić information content (AvgIpc) is 2.16. The zero-order chi connectivity index (χ0) is 9.98. The highest BCUT2D eigenvalue weighted by Crippen LogP contribution is 1.82. The number of hydrogen-bond acceptors (Lipinski definition) is 5. The number of rotatable bonds is 4. The van der Waals surface area contributed by atoms with E-state index in [1.807, 2.05) is 6.92 Å². The Labute approximate surface area is 71.9 Å². The summed E-state index contributed by atoms with van der Waals surface area (Å²) in [6.07, 6.45) is -0.977. The van der Waals surface area contributed by atoms with Gasteiger partial charge in [-0.25, -0.2) is 0 Å². The van der Waals surface area contributed by atoms with E-state index in [0.717, 1.165) is 0 Å². The minimum absolute atomic E-state index is 0.0648. The van der Waals surface area contributed by atoms with Crippen LogP contribution in [0.4, 0.5) is 0 Å². The third-order valence-corrected chi connectivity index (χ3v) is 1.01. The van der Waals surface area contributed by atoms with Gasteiger partial charge in [0.2, 0.25) is 0 Å². The smallest absolute Gasteiger partial charge is 0.154 e. The Morgan fingerprint density at radius 2 is 1.83 bits per heavy atom. The van der Waals surface area contributed by atoms with Crippen LogP contribution in [0.15, 0.2) is 0 Å². The number of carbonyl (C=O) groups is 1. The Morgan fingerprint density at radius 3 is 1.83 bits per heavy atom. The van der Waals surface area contributed by atoms with Crippen LogP contribution < -0.4 is 0 Å². The van der Waals surface area contributed by atoms with E-state index < -0.39 is 12.7 Å². The number of methoxy groups -OCH3 is 2. The molecule has 0 saturated carbocycles.